The number of fused-ring (bicyclic) bond motifs is 3. The van der Waals surface area contributed by atoms with E-state index in [0.29, 0.717) is 11.5 Å². The maximum atomic E-state index is 12.9. The summed E-state index contributed by atoms with van der Waals surface area (Å²) in [4.78, 5) is 12.9. The fraction of sp³-hybridized carbons (Fsp3) is 0.318. The number of carbonyl (C=O) groups excluding carboxylic acids is 1. The van der Waals surface area contributed by atoms with Crippen molar-refractivity contribution in [2.45, 2.75) is 30.3 Å². The van der Waals surface area contributed by atoms with Crippen molar-refractivity contribution in [1.82, 2.24) is 0 Å². The molecule has 27 heavy (non-hydrogen) atoms. The zero-order valence-corrected chi connectivity index (χ0v) is 16.8. The molecule has 1 saturated heterocycles. The van der Waals surface area contributed by atoms with Gasteiger partial charge in [-0.3, -0.25) is 0 Å². The van der Waals surface area contributed by atoms with Gasteiger partial charge in [-0.15, -0.1) is 23.5 Å². The maximum absolute atomic E-state index is 12.9. The van der Waals surface area contributed by atoms with Crippen molar-refractivity contribution in [2.75, 3.05) is 11.5 Å². The SMILES string of the molecule is Cc1c(C(=O)Oc2ccc3ccccc3c2)oc2c1C1(CCC2)SCCS1. The lowest BCUT2D eigenvalue weighted by Gasteiger charge is -2.31. The Morgan fingerprint density at radius 3 is 2.70 bits per heavy atom. The molecule has 138 valence electrons. The predicted molar refractivity (Wildman–Crippen MR) is 112 cm³/mol. The van der Waals surface area contributed by atoms with E-state index in [1.165, 1.54) is 5.56 Å². The highest BCUT2D eigenvalue weighted by Gasteiger charge is 2.45. The molecule has 2 heterocycles. The van der Waals surface area contributed by atoms with Crippen LogP contribution in [-0.4, -0.2) is 17.5 Å². The van der Waals surface area contributed by atoms with Crippen LogP contribution in [0.1, 0.15) is 40.3 Å². The molecule has 1 fully saturated rings. The Balaban J connectivity index is 1.47. The van der Waals surface area contributed by atoms with Crippen molar-refractivity contribution in [1.29, 1.82) is 0 Å². The third kappa shape index (κ3) is 2.88. The second-order valence-electron chi connectivity index (χ2n) is 7.06. The van der Waals surface area contributed by atoms with Crippen molar-refractivity contribution in [3.8, 4) is 5.75 Å². The molecule has 2 aromatic carbocycles. The summed E-state index contributed by atoms with van der Waals surface area (Å²) in [5.41, 5.74) is 2.20. The Morgan fingerprint density at radius 2 is 1.89 bits per heavy atom. The lowest BCUT2D eigenvalue weighted by Crippen LogP contribution is -2.21. The summed E-state index contributed by atoms with van der Waals surface area (Å²) in [7, 11) is 0. The number of carbonyl (C=O) groups is 1. The molecular formula is C22H20O3S2. The van der Waals surface area contributed by atoms with E-state index in [2.05, 4.69) is 0 Å². The molecule has 0 saturated carbocycles. The van der Waals surface area contributed by atoms with E-state index in [1.807, 2.05) is 72.9 Å². The number of thioether (sulfide) groups is 2. The average molecular weight is 397 g/mol. The summed E-state index contributed by atoms with van der Waals surface area (Å²) in [5, 5.41) is 2.18. The first-order valence-electron chi connectivity index (χ1n) is 9.28. The molecular weight excluding hydrogens is 376 g/mol. The van der Waals surface area contributed by atoms with Gasteiger partial charge >= 0.3 is 5.97 Å². The molecule has 1 aliphatic heterocycles. The third-order valence-corrected chi connectivity index (χ3v) is 8.91. The van der Waals surface area contributed by atoms with E-state index in [0.717, 1.165) is 52.9 Å². The molecule has 0 bridgehead atoms. The van der Waals surface area contributed by atoms with Crippen LogP contribution >= 0.6 is 23.5 Å². The van der Waals surface area contributed by atoms with Crippen molar-refractivity contribution >= 4 is 40.3 Å². The van der Waals surface area contributed by atoms with Gasteiger partial charge < -0.3 is 9.15 Å². The highest BCUT2D eigenvalue weighted by molar-refractivity contribution is 8.20. The van der Waals surface area contributed by atoms with Gasteiger partial charge in [-0.25, -0.2) is 4.79 Å². The zero-order valence-electron chi connectivity index (χ0n) is 15.1. The fourth-order valence-corrected chi connectivity index (χ4v) is 7.74. The molecule has 3 nitrogen and oxygen atoms in total. The molecule has 5 heteroatoms. The summed E-state index contributed by atoms with van der Waals surface area (Å²) in [5.74, 6) is 3.80. The van der Waals surface area contributed by atoms with Gasteiger partial charge in [0.2, 0.25) is 5.76 Å². The van der Waals surface area contributed by atoms with E-state index in [9.17, 15) is 4.79 Å². The van der Waals surface area contributed by atoms with Crippen LogP contribution in [0.2, 0.25) is 0 Å². The first-order chi connectivity index (χ1) is 13.2. The monoisotopic (exact) mass is 396 g/mol. The molecule has 0 amide bonds. The van der Waals surface area contributed by atoms with Gasteiger partial charge in [-0.1, -0.05) is 30.3 Å². The van der Waals surface area contributed by atoms with Crippen LogP contribution in [-0.2, 0) is 10.5 Å². The van der Waals surface area contributed by atoms with Crippen LogP contribution in [0.4, 0.5) is 0 Å². The predicted octanol–water partition coefficient (Wildman–Crippen LogP) is 5.93. The van der Waals surface area contributed by atoms with Crippen LogP contribution in [0.25, 0.3) is 10.8 Å². The first-order valence-corrected chi connectivity index (χ1v) is 11.2. The summed E-state index contributed by atoms with van der Waals surface area (Å²) in [6.07, 6.45) is 3.16. The van der Waals surface area contributed by atoms with Gasteiger partial charge in [0.1, 0.15) is 11.5 Å². The Kier molecular flexibility index (Phi) is 4.25. The molecule has 2 aliphatic rings. The Morgan fingerprint density at radius 1 is 1.11 bits per heavy atom. The van der Waals surface area contributed by atoms with Crippen molar-refractivity contribution < 1.29 is 13.9 Å². The van der Waals surface area contributed by atoms with E-state index < -0.39 is 5.97 Å². The van der Waals surface area contributed by atoms with Crippen LogP contribution in [0.3, 0.4) is 0 Å². The highest BCUT2D eigenvalue weighted by atomic mass is 32.2. The van der Waals surface area contributed by atoms with Crippen molar-refractivity contribution in [3.05, 3.63) is 65.1 Å². The largest absolute Gasteiger partial charge is 0.453 e. The minimum atomic E-state index is -0.402. The van der Waals surface area contributed by atoms with E-state index in [-0.39, 0.29) is 4.08 Å². The van der Waals surface area contributed by atoms with Crippen molar-refractivity contribution in [2.24, 2.45) is 0 Å². The minimum absolute atomic E-state index is 0.0721. The van der Waals surface area contributed by atoms with Crippen LogP contribution in [0.5, 0.6) is 5.75 Å². The van der Waals surface area contributed by atoms with Gasteiger partial charge in [0, 0.05) is 29.1 Å². The van der Waals surface area contributed by atoms with Gasteiger partial charge in [0.05, 0.1) is 4.08 Å². The second-order valence-corrected chi connectivity index (χ2v) is 10.1. The summed E-state index contributed by atoms with van der Waals surface area (Å²) < 4.78 is 11.8. The van der Waals surface area contributed by atoms with Gasteiger partial charge in [-0.2, -0.15) is 0 Å². The number of hydrogen-bond donors (Lipinski definition) is 0. The number of esters is 1. The maximum Gasteiger partial charge on any atom is 0.379 e. The average Bonchev–Trinajstić information content (AvgIpc) is 3.27. The Hall–Kier alpha value is -1.85. The molecule has 0 N–H and O–H groups in total. The molecule has 0 unspecified atom stereocenters. The first kappa shape index (κ1) is 17.3. The Bertz CT molecular complexity index is 1030. The zero-order chi connectivity index (χ0) is 18.4. The van der Waals surface area contributed by atoms with Crippen LogP contribution in [0, 0.1) is 6.92 Å². The number of furan rings is 1. The van der Waals surface area contributed by atoms with E-state index in [4.69, 9.17) is 9.15 Å². The molecule has 0 atom stereocenters. The normalized spacial score (nSPS) is 18.0. The molecule has 1 aliphatic carbocycles. The smallest absolute Gasteiger partial charge is 0.379 e. The van der Waals surface area contributed by atoms with Gasteiger partial charge in [0.15, 0.2) is 0 Å². The third-order valence-electron chi connectivity index (χ3n) is 5.38. The Labute approximate surface area is 166 Å². The number of benzene rings is 2. The summed E-state index contributed by atoms with van der Waals surface area (Å²) >= 11 is 4.01. The van der Waals surface area contributed by atoms with Gasteiger partial charge in [0.25, 0.3) is 0 Å². The molecule has 1 spiro atoms. The summed E-state index contributed by atoms with van der Waals surface area (Å²) in [6, 6.07) is 13.7. The molecule has 0 radical (unpaired) electrons. The van der Waals surface area contributed by atoms with Crippen LogP contribution < -0.4 is 4.74 Å². The molecule has 5 rings (SSSR count). The summed E-state index contributed by atoms with van der Waals surface area (Å²) in [6.45, 7) is 2.01. The number of ether oxygens (including phenoxy) is 1. The van der Waals surface area contributed by atoms with Crippen molar-refractivity contribution in [3.63, 3.8) is 0 Å². The fourth-order valence-electron chi connectivity index (χ4n) is 4.18. The van der Waals surface area contributed by atoms with Crippen LogP contribution in [0.15, 0.2) is 46.9 Å². The molecule has 1 aromatic heterocycles. The second kappa shape index (κ2) is 6.64. The lowest BCUT2D eigenvalue weighted by molar-refractivity contribution is 0.0698. The standard InChI is InChI=1S/C22H20O3S2/c1-14-19-18(7-4-10-22(19)26-11-12-27-22)25-20(14)21(23)24-17-9-8-15-5-2-3-6-16(15)13-17/h2-3,5-6,8-9,13H,4,7,10-12H2,1H3. The molecule has 3 aromatic rings. The number of hydrogen-bond acceptors (Lipinski definition) is 5. The quantitative estimate of drug-likeness (QED) is 0.397. The highest BCUT2D eigenvalue weighted by Crippen LogP contribution is 2.59. The lowest BCUT2D eigenvalue weighted by atomic mass is 9.94. The minimum Gasteiger partial charge on any atom is -0.453 e. The number of aryl methyl sites for hydroxylation is 1. The topological polar surface area (TPSA) is 39.4 Å². The van der Waals surface area contributed by atoms with Gasteiger partial charge in [-0.05, 0) is 42.7 Å². The van der Waals surface area contributed by atoms with E-state index in [1.54, 1.807) is 0 Å². The number of rotatable bonds is 2. The van der Waals surface area contributed by atoms with E-state index >= 15 is 0 Å².